The summed E-state index contributed by atoms with van der Waals surface area (Å²) in [5, 5.41) is 12.8. The fourth-order valence-corrected chi connectivity index (χ4v) is 4.90. The van der Waals surface area contributed by atoms with Crippen LogP contribution in [0.4, 0.5) is 0 Å². The minimum absolute atomic E-state index is 0.0654. The van der Waals surface area contributed by atoms with E-state index in [1.54, 1.807) is 0 Å². The molecule has 21 heavy (non-hydrogen) atoms. The molecule has 4 fully saturated rings. The van der Waals surface area contributed by atoms with Crippen LogP contribution in [0.1, 0.15) is 19.3 Å². The van der Waals surface area contributed by atoms with Gasteiger partial charge in [0.2, 0.25) is 11.8 Å². The van der Waals surface area contributed by atoms with Crippen molar-refractivity contribution in [2.45, 2.75) is 31.0 Å². The van der Waals surface area contributed by atoms with E-state index in [-0.39, 0.29) is 23.9 Å². The number of piperidine rings is 3. The SMILES string of the molecule is O=C(CN1C(=O)C=CC1O)NC12CC3CC(CN(C3)C1)C2. The Morgan fingerprint density at radius 2 is 2.10 bits per heavy atom. The fourth-order valence-electron chi connectivity index (χ4n) is 4.90. The van der Waals surface area contributed by atoms with E-state index < -0.39 is 6.23 Å². The number of rotatable bonds is 3. The lowest BCUT2D eigenvalue weighted by Crippen LogP contribution is -2.69. The highest BCUT2D eigenvalue weighted by molar-refractivity contribution is 5.93. The Morgan fingerprint density at radius 3 is 2.67 bits per heavy atom. The summed E-state index contributed by atoms with van der Waals surface area (Å²) in [5.74, 6) is 0.945. The minimum Gasteiger partial charge on any atom is -0.370 e. The predicted molar refractivity (Wildman–Crippen MR) is 75.0 cm³/mol. The van der Waals surface area contributed by atoms with Crippen LogP contribution in [0.2, 0.25) is 0 Å². The van der Waals surface area contributed by atoms with E-state index in [1.165, 1.54) is 36.6 Å². The third-order valence-electron chi connectivity index (χ3n) is 5.32. The quantitative estimate of drug-likeness (QED) is 0.721. The Morgan fingerprint density at radius 1 is 1.38 bits per heavy atom. The van der Waals surface area contributed by atoms with Gasteiger partial charge in [0.1, 0.15) is 12.8 Å². The second-order valence-corrected chi connectivity index (χ2v) is 7.14. The van der Waals surface area contributed by atoms with E-state index >= 15 is 0 Å². The van der Waals surface area contributed by atoms with Crippen LogP contribution >= 0.6 is 0 Å². The lowest BCUT2D eigenvalue weighted by Gasteiger charge is -2.58. The highest BCUT2D eigenvalue weighted by Crippen LogP contribution is 2.45. The van der Waals surface area contributed by atoms with Crippen molar-refractivity contribution in [1.82, 2.24) is 15.1 Å². The molecule has 1 aliphatic carbocycles. The number of hydrogen-bond donors (Lipinski definition) is 2. The average molecular weight is 291 g/mol. The summed E-state index contributed by atoms with van der Waals surface area (Å²) in [5.41, 5.74) is -0.109. The van der Waals surface area contributed by atoms with Gasteiger partial charge >= 0.3 is 0 Å². The molecule has 0 aromatic rings. The molecule has 3 saturated heterocycles. The molecule has 6 heteroatoms. The van der Waals surface area contributed by atoms with Crippen molar-refractivity contribution in [1.29, 1.82) is 0 Å². The molecule has 0 aromatic heterocycles. The summed E-state index contributed by atoms with van der Waals surface area (Å²) in [6, 6.07) is 0. The first-order chi connectivity index (χ1) is 10.0. The molecule has 2 amide bonds. The Balaban J connectivity index is 1.42. The average Bonchev–Trinajstić information content (AvgIpc) is 2.68. The van der Waals surface area contributed by atoms with E-state index in [0.29, 0.717) is 11.8 Å². The monoisotopic (exact) mass is 291 g/mol. The Labute approximate surface area is 123 Å². The zero-order valence-electron chi connectivity index (χ0n) is 12.0. The van der Waals surface area contributed by atoms with Crippen LogP contribution in [0.3, 0.4) is 0 Å². The molecule has 0 spiro atoms. The fraction of sp³-hybridized carbons (Fsp3) is 0.733. The number of hydrogen-bond acceptors (Lipinski definition) is 4. The van der Waals surface area contributed by atoms with Gasteiger partial charge in [0.25, 0.3) is 0 Å². The van der Waals surface area contributed by atoms with Crippen LogP contribution in [-0.2, 0) is 9.59 Å². The smallest absolute Gasteiger partial charge is 0.249 e. The molecule has 6 nitrogen and oxygen atoms in total. The first-order valence-electron chi connectivity index (χ1n) is 7.73. The summed E-state index contributed by atoms with van der Waals surface area (Å²) in [6.45, 7) is 3.20. The number of amides is 2. The molecular formula is C15H21N3O3. The van der Waals surface area contributed by atoms with Gasteiger partial charge in [0.15, 0.2) is 0 Å². The second kappa shape index (κ2) is 4.55. The van der Waals surface area contributed by atoms with Crippen molar-refractivity contribution >= 4 is 11.8 Å². The first kappa shape index (κ1) is 13.3. The molecule has 2 N–H and O–H groups in total. The maximum Gasteiger partial charge on any atom is 0.249 e. The summed E-state index contributed by atoms with van der Waals surface area (Å²) < 4.78 is 0. The molecule has 1 saturated carbocycles. The lowest BCUT2D eigenvalue weighted by atomic mass is 9.64. The van der Waals surface area contributed by atoms with Gasteiger partial charge in [-0.25, -0.2) is 0 Å². The Kier molecular flexibility index (Phi) is 2.87. The van der Waals surface area contributed by atoms with E-state index in [4.69, 9.17) is 0 Å². The van der Waals surface area contributed by atoms with Gasteiger partial charge in [0.05, 0.1) is 5.54 Å². The van der Waals surface area contributed by atoms with Crippen molar-refractivity contribution in [2.24, 2.45) is 11.8 Å². The maximum atomic E-state index is 12.3. The summed E-state index contributed by atoms with van der Waals surface area (Å²) in [6.07, 6.45) is 5.16. The van der Waals surface area contributed by atoms with Crippen LogP contribution in [0, 0.1) is 11.8 Å². The van der Waals surface area contributed by atoms with Gasteiger partial charge in [0, 0.05) is 25.7 Å². The topological polar surface area (TPSA) is 72.9 Å². The third kappa shape index (κ3) is 2.26. The van der Waals surface area contributed by atoms with Crippen molar-refractivity contribution < 1.29 is 14.7 Å². The van der Waals surface area contributed by atoms with Gasteiger partial charge in [-0.05, 0) is 37.2 Å². The molecular weight excluding hydrogens is 270 g/mol. The summed E-state index contributed by atoms with van der Waals surface area (Å²) >= 11 is 0. The number of aliphatic hydroxyl groups is 1. The number of nitrogens with zero attached hydrogens (tertiary/aromatic N) is 2. The molecule has 5 aliphatic rings. The van der Waals surface area contributed by atoms with Crippen LogP contribution < -0.4 is 5.32 Å². The Hall–Kier alpha value is -1.40. The van der Waals surface area contributed by atoms with Gasteiger partial charge in [-0.2, -0.15) is 0 Å². The van der Waals surface area contributed by atoms with E-state index in [1.807, 2.05) is 0 Å². The lowest BCUT2D eigenvalue weighted by molar-refractivity contribution is -0.140. The molecule has 0 radical (unpaired) electrons. The number of carbonyl (C=O) groups is 2. The normalized spacial score (nSPS) is 43.7. The molecule has 5 rings (SSSR count). The number of carbonyl (C=O) groups excluding carboxylic acids is 2. The highest BCUT2D eigenvalue weighted by atomic mass is 16.3. The summed E-state index contributed by atoms with van der Waals surface area (Å²) in [7, 11) is 0. The highest BCUT2D eigenvalue weighted by Gasteiger charge is 2.50. The van der Waals surface area contributed by atoms with Crippen LogP contribution in [0.15, 0.2) is 12.2 Å². The van der Waals surface area contributed by atoms with Crippen LogP contribution in [-0.4, -0.2) is 64.7 Å². The molecule has 4 heterocycles. The molecule has 3 atom stereocenters. The van der Waals surface area contributed by atoms with E-state index in [0.717, 1.165) is 19.4 Å². The molecule has 114 valence electrons. The van der Waals surface area contributed by atoms with Crippen molar-refractivity contribution in [3.8, 4) is 0 Å². The molecule has 4 aliphatic heterocycles. The standard InChI is InChI=1S/C15H21N3O3/c19-12(8-18-13(20)1-2-14(18)21)16-15-4-10-3-11(5-15)7-17(6-10)9-15/h1-2,10-11,13,20H,3-9H2,(H,16,19). The van der Waals surface area contributed by atoms with Gasteiger partial charge in [-0.15, -0.1) is 0 Å². The van der Waals surface area contributed by atoms with Crippen molar-refractivity contribution in [3.05, 3.63) is 12.2 Å². The number of aliphatic hydroxyl groups excluding tert-OH is 1. The molecule has 4 bridgehead atoms. The number of nitrogens with one attached hydrogen (secondary N) is 1. The summed E-state index contributed by atoms with van der Waals surface area (Å²) in [4.78, 5) is 27.5. The van der Waals surface area contributed by atoms with E-state index in [2.05, 4.69) is 10.2 Å². The van der Waals surface area contributed by atoms with Gasteiger partial charge in [-0.1, -0.05) is 0 Å². The zero-order valence-corrected chi connectivity index (χ0v) is 12.0. The zero-order chi connectivity index (χ0) is 14.6. The Bertz CT molecular complexity index is 481. The first-order valence-corrected chi connectivity index (χ1v) is 7.73. The van der Waals surface area contributed by atoms with Crippen LogP contribution in [0.25, 0.3) is 0 Å². The maximum absolute atomic E-state index is 12.3. The van der Waals surface area contributed by atoms with Crippen LogP contribution in [0.5, 0.6) is 0 Å². The van der Waals surface area contributed by atoms with Gasteiger partial charge in [-0.3, -0.25) is 9.59 Å². The van der Waals surface area contributed by atoms with E-state index in [9.17, 15) is 14.7 Å². The minimum atomic E-state index is -0.969. The van der Waals surface area contributed by atoms with Crippen molar-refractivity contribution in [3.63, 3.8) is 0 Å². The predicted octanol–water partition coefficient (Wildman–Crippen LogP) is -0.696. The largest absolute Gasteiger partial charge is 0.370 e. The second-order valence-electron chi connectivity index (χ2n) is 7.14. The molecule has 3 unspecified atom stereocenters. The van der Waals surface area contributed by atoms with Crippen molar-refractivity contribution in [2.75, 3.05) is 26.2 Å². The van der Waals surface area contributed by atoms with Gasteiger partial charge < -0.3 is 20.2 Å². The third-order valence-corrected chi connectivity index (χ3v) is 5.32. The molecule has 0 aromatic carbocycles.